The van der Waals surface area contributed by atoms with Crippen LogP contribution in [0.25, 0.3) is 21.9 Å². The fraction of sp³-hybridized carbons (Fsp3) is 0.306. The number of carbonyl (C=O) groups excluding carboxylic acids is 2. The molecule has 4 aromatic rings. The van der Waals surface area contributed by atoms with E-state index in [-0.39, 0.29) is 32.0 Å². The second-order valence-electron chi connectivity index (χ2n) is 12.6. The summed E-state index contributed by atoms with van der Waals surface area (Å²) in [6.07, 6.45) is -0.909. The van der Waals surface area contributed by atoms with Gasteiger partial charge in [-0.2, -0.15) is 0 Å². The molecule has 8 heteroatoms. The number of carboxylic acids is 1. The van der Waals surface area contributed by atoms with Crippen molar-refractivity contribution in [3.05, 3.63) is 108 Å². The van der Waals surface area contributed by atoms with Crippen LogP contribution in [0.2, 0.25) is 0 Å². The first-order valence-electron chi connectivity index (χ1n) is 14.9. The van der Waals surface area contributed by atoms with Gasteiger partial charge >= 0.3 is 18.0 Å². The van der Waals surface area contributed by atoms with Crippen LogP contribution in [-0.2, 0) is 25.6 Å². The third-order valence-electron chi connectivity index (χ3n) is 8.46. The standard InChI is InChI=1S/C36H36N2O6/c1-35(2,3)44-32(39)31-19-36(33(40)41,37-20-23-16-17-24-10-4-5-11-25(24)18-23)22-38(31)34(42)43-21-30-28-14-8-6-12-26(28)27-13-7-9-15-29(27)30/h4-18,30-31,37H,19-22H2,1-3H3,(H,40,41)/t31-,36-/m0/s1. The summed E-state index contributed by atoms with van der Waals surface area (Å²) >= 11 is 0. The molecule has 0 radical (unpaired) electrons. The van der Waals surface area contributed by atoms with Gasteiger partial charge in [-0.1, -0.05) is 84.9 Å². The summed E-state index contributed by atoms with van der Waals surface area (Å²) < 4.78 is 11.5. The number of ether oxygens (including phenoxy) is 2. The normalized spacial score (nSPS) is 19.4. The van der Waals surface area contributed by atoms with Crippen LogP contribution in [0.4, 0.5) is 4.79 Å². The molecule has 1 fully saturated rings. The molecule has 2 N–H and O–H groups in total. The first kappa shape index (κ1) is 29.4. The van der Waals surface area contributed by atoms with Crippen LogP contribution < -0.4 is 5.32 Å². The lowest BCUT2D eigenvalue weighted by molar-refractivity contribution is -0.159. The Hall–Kier alpha value is -4.69. The smallest absolute Gasteiger partial charge is 0.410 e. The Morgan fingerprint density at radius 1 is 0.886 bits per heavy atom. The number of amides is 1. The molecule has 1 saturated heterocycles. The molecular weight excluding hydrogens is 556 g/mol. The van der Waals surface area contributed by atoms with Crippen molar-refractivity contribution >= 4 is 28.8 Å². The number of likely N-dealkylation sites (tertiary alicyclic amines) is 1. The van der Waals surface area contributed by atoms with Crippen molar-refractivity contribution < 1.29 is 29.0 Å². The average Bonchev–Trinajstić information content (AvgIpc) is 3.56. The minimum atomic E-state index is -1.58. The van der Waals surface area contributed by atoms with Crippen molar-refractivity contribution in [2.45, 2.75) is 56.8 Å². The van der Waals surface area contributed by atoms with E-state index in [0.29, 0.717) is 0 Å². The lowest BCUT2D eigenvalue weighted by Gasteiger charge is -2.27. The fourth-order valence-corrected chi connectivity index (χ4v) is 6.33. The van der Waals surface area contributed by atoms with Crippen LogP contribution in [0.5, 0.6) is 0 Å². The number of nitrogens with zero attached hydrogens (tertiary/aromatic N) is 1. The molecule has 44 heavy (non-hydrogen) atoms. The lowest BCUT2D eigenvalue weighted by Crippen LogP contribution is -2.54. The molecule has 1 aliphatic carbocycles. The summed E-state index contributed by atoms with van der Waals surface area (Å²) in [6, 6.07) is 28.8. The zero-order chi connectivity index (χ0) is 31.1. The van der Waals surface area contributed by atoms with Crippen LogP contribution in [-0.4, -0.2) is 58.4 Å². The monoisotopic (exact) mass is 592 g/mol. The van der Waals surface area contributed by atoms with E-state index < -0.39 is 35.2 Å². The van der Waals surface area contributed by atoms with Crippen LogP contribution in [0, 0.1) is 0 Å². The number of fused-ring (bicyclic) bond motifs is 4. The Balaban J connectivity index is 1.24. The van der Waals surface area contributed by atoms with E-state index in [1.54, 1.807) is 20.8 Å². The van der Waals surface area contributed by atoms with Crippen LogP contribution in [0.3, 0.4) is 0 Å². The minimum Gasteiger partial charge on any atom is -0.480 e. The maximum absolute atomic E-state index is 13.7. The van der Waals surface area contributed by atoms with Crippen molar-refractivity contribution in [2.24, 2.45) is 0 Å². The number of aliphatic carboxylic acids is 1. The minimum absolute atomic E-state index is 0.0506. The topological polar surface area (TPSA) is 105 Å². The fourth-order valence-electron chi connectivity index (χ4n) is 6.33. The van der Waals surface area contributed by atoms with Crippen molar-refractivity contribution in [3.8, 4) is 11.1 Å². The Kier molecular flexibility index (Phi) is 7.63. The van der Waals surface area contributed by atoms with E-state index in [1.165, 1.54) is 4.90 Å². The predicted octanol–water partition coefficient (Wildman–Crippen LogP) is 6.12. The number of nitrogens with one attached hydrogen (secondary N) is 1. The lowest BCUT2D eigenvalue weighted by atomic mass is 9.95. The number of hydrogen-bond donors (Lipinski definition) is 2. The predicted molar refractivity (Wildman–Crippen MR) is 167 cm³/mol. The summed E-state index contributed by atoms with van der Waals surface area (Å²) in [5.41, 5.74) is 2.79. The van der Waals surface area contributed by atoms with Gasteiger partial charge in [0, 0.05) is 18.9 Å². The molecule has 1 amide bonds. The third-order valence-corrected chi connectivity index (χ3v) is 8.46. The van der Waals surface area contributed by atoms with Crippen LogP contribution >= 0.6 is 0 Å². The van der Waals surface area contributed by atoms with Crippen molar-refractivity contribution in [1.82, 2.24) is 10.2 Å². The molecule has 1 heterocycles. The summed E-state index contributed by atoms with van der Waals surface area (Å²) in [4.78, 5) is 41.2. The van der Waals surface area contributed by atoms with E-state index in [2.05, 4.69) is 17.4 Å². The summed E-state index contributed by atoms with van der Waals surface area (Å²) in [7, 11) is 0. The van der Waals surface area contributed by atoms with E-state index in [1.807, 2.05) is 78.9 Å². The second-order valence-corrected chi connectivity index (χ2v) is 12.6. The van der Waals surface area contributed by atoms with Gasteiger partial charge in [0.1, 0.15) is 23.8 Å². The first-order valence-corrected chi connectivity index (χ1v) is 14.9. The summed E-state index contributed by atoms with van der Waals surface area (Å²) in [5.74, 6) is -1.99. The Labute approximate surface area is 256 Å². The molecule has 4 aromatic carbocycles. The van der Waals surface area contributed by atoms with Gasteiger partial charge in [0.05, 0.1) is 6.54 Å². The summed E-state index contributed by atoms with van der Waals surface area (Å²) in [6.45, 7) is 5.24. The van der Waals surface area contributed by atoms with E-state index >= 15 is 0 Å². The molecule has 0 saturated carbocycles. The van der Waals surface area contributed by atoms with Gasteiger partial charge in [0.15, 0.2) is 0 Å². The van der Waals surface area contributed by atoms with Gasteiger partial charge in [0.25, 0.3) is 0 Å². The average molecular weight is 593 g/mol. The number of hydrogen-bond acceptors (Lipinski definition) is 6. The molecule has 0 spiro atoms. The van der Waals surface area contributed by atoms with E-state index in [9.17, 15) is 19.5 Å². The van der Waals surface area contributed by atoms with Crippen LogP contribution in [0.1, 0.15) is 49.8 Å². The Bertz CT molecular complexity index is 1700. The Morgan fingerprint density at radius 3 is 2.14 bits per heavy atom. The van der Waals surface area contributed by atoms with Gasteiger partial charge in [-0.15, -0.1) is 0 Å². The molecule has 1 aliphatic heterocycles. The van der Waals surface area contributed by atoms with Gasteiger partial charge in [-0.05, 0) is 65.4 Å². The molecular formula is C36H36N2O6. The molecule has 2 atom stereocenters. The molecule has 6 rings (SSSR count). The molecule has 8 nitrogen and oxygen atoms in total. The number of benzene rings is 4. The third kappa shape index (κ3) is 5.65. The van der Waals surface area contributed by atoms with Crippen LogP contribution in [0.15, 0.2) is 91.0 Å². The maximum Gasteiger partial charge on any atom is 0.410 e. The highest BCUT2D eigenvalue weighted by atomic mass is 16.6. The highest BCUT2D eigenvalue weighted by molar-refractivity contribution is 5.89. The quantitative estimate of drug-likeness (QED) is 0.249. The van der Waals surface area contributed by atoms with Crippen molar-refractivity contribution in [1.29, 1.82) is 0 Å². The molecule has 226 valence electrons. The van der Waals surface area contributed by atoms with Crippen molar-refractivity contribution in [2.75, 3.05) is 13.2 Å². The largest absolute Gasteiger partial charge is 0.480 e. The maximum atomic E-state index is 13.7. The number of carbonyl (C=O) groups is 3. The number of esters is 1. The van der Waals surface area contributed by atoms with Gasteiger partial charge in [-0.3, -0.25) is 15.0 Å². The molecule has 0 unspecified atom stereocenters. The highest BCUT2D eigenvalue weighted by Gasteiger charge is 2.55. The zero-order valence-corrected chi connectivity index (χ0v) is 25.1. The van der Waals surface area contributed by atoms with E-state index in [0.717, 1.165) is 38.6 Å². The number of rotatable bonds is 7. The van der Waals surface area contributed by atoms with Crippen molar-refractivity contribution in [3.63, 3.8) is 0 Å². The highest BCUT2D eigenvalue weighted by Crippen LogP contribution is 2.44. The Morgan fingerprint density at radius 2 is 1.50 bits per heavy atom. The number of carboxylic acid groups (broad SMARTS) is 1. The second kappa shape index (κ2) is 11.4. The van der Waals surface area contributed by atoms with E-state index in [4.69, 9.17) is 9.47 Å². The zero-order valence-electron chi connectivity index (χ0n) is 25.1. The molecule has 0 aromatic heterocycles. The molecule has 0 bridgehead atoms. The van der Waals surface area contributed by atoms with Gasteiger partial charge in [-0.25, -0.2) is 9.59 Å². The first-order chi connectivity index (χ1) is 21.0. The molecule has 2 aliphatic rings. The van der Waals surface area contributed by atoms with Gasteiger partial charge in [0.2, 0.25) is 0 Å². The summed E-state index contributed by atoms with van der Waals surface area (Å²) in [5, 5.41) is 15.8. The SMILES string of the molecule is CC(C)(C)OC(=O)[C@@H]1C[C@@](NCc2ccc3ccccc3c2)(C(=O)O)CN1C(=O)OCC1c2ccccc2-c2ccccc21. The van der Waals surface area contributed by atoms with Gasteiger partial charge < -0.3 is 14.6 Å².